The summed E-state index contributed by atoms with van der Waals surface area (Å²) in [6, 6.07) is 15.1. The molecule has 29 heavy (non-hydrogen) atoms. The summed E-state index contributed by atoms with van der Waals surface area (Å²) in [5, 5.41) is 5.12. The van der Waals surface area contributed by atoms with E-state index in [4.69, 9.17) is 0 Å². The summed E-state index contributed by atoms with van der Waals surface area (Å²) in [7, 11) is -3.63. The minimum atomic E-state index is -3.63. The highest BCUT2D eigenvalue weighted by atomic mass is 32.2. The molecule has 2 aromatic carbocycles. The molecule has 1 aliphatic rings. The number of sulfonamides is 1. The summed E-state index contributed by atoms with van der Waals surface area (Å²) in [5.41, 5.74) is 1.67. The molecule has 1 heterocycles. The van der Waals surface area contributed by atoms with Gasteiger partial charge in [-0.2, -0.15) is 4.31 Å². The topological polar surface area (TPSA) is 95.6 Å². The SMILES string of the molecule is CCc1ccc(NC(=O)C(=O)NC[C@@H]2CCCN2S(=O)(=O)c2ccccc2)cc1. The Morgan fingerprint density at radius 3 is 2.38 bits per heavy atom. The highest BCUT2D eigenvalue weighted by Crippen LogP contribution is 2.25. The number of nitrogens with one attached hydrogen (secondary N) is 2. The van der Waals surface area contributed by atoms with Gasteiger partial charge in [-0.3, -0.25) is 9.59 Å². The lowest BCUT2D eigenvalue weighted by atomic mass is 10.1. The maximum Gasteiger partial charge on any atom is 0.313 e. The first kappa shape index (κ1) is 21.0. The highest BCUT2D eigenvalue weighted by molar-refractivity contribution is 7.89. The van der Waals surface area contributed by atoms with Gasteiger partial charge in [0.1, 0.15) is 0 Å². The number of hydrogen-bond donors (Lipinski definition) is 2. The fraction of sp³-hybridized carbons (Fsp3) is 0.333. The van der Waals surface area contributed by atoms with E-state index in [2.05, 4.69) is 10.6 Å². The van der Waals surface area contributed by atoms with Crippen LogP contribution in [0.3, 0.4) is 0 Å². The lowest BCUT2D eigenvalue weighted by Gasteiger charge is -2.24. The molecule has 0 aromatic heterocycles. The molecule has 8 heteroatoms. The van der Waals surface area contributed by atoms with E-state index >= 15 is 0 Å². The second-order valence-corrected chi connectivity index (χ2v) is 8.83. The normalized spacial score (nSPS) is 17.1. The van der Waals surface area contributed by atoms with Crippen molar-refractivity contribution in [3.63, 3.8) is 0 Å². The van der Waals surface area contributed by atoms with Gasteiger partial charge in [0.2, 0.25) is 10.0 Å². The Labute approximate surface area is 171 Å². The number of rotatable bonds is 6. The predicted molar refractivity (Wildman–Crippen MR) is 111 cm³/mol. The Morgan fingerprint density at radius 2 is 1.72 bits per heavy atom. The minimum Gasteiger partial charge on any atom is -0.346 e. The second kappa shape index (κ2) is 9.19. The van der Waals surface area contributed by atoms with Crippen LogP contribution in [0.5, 0.6) is 0 Å². The summed E-state index contributed by atoms with van der Waals surface area (Å²) >= 11 is 0. The van der Waals surface area contributed by atoms with E-state index in [0.29, 0.717) is 25.1 Å². The Balaban J connectivity index is 1.58. The highest BCUT2D eigenvalue weighted by Gasteiger charge is 2.35. The number of benzene rings is 2. The molecule has 1 saturated heterocycles. The van der Waals surface area contributed by atoms with Crippen molar-refractivity contribution in [1.29, 1.82) is 0 Å². The molecule has 0 radical (unpaired) electrons. The average Bonchev–Trinajstić information content (AvgIpc) is 3.22. The quantitative estimate of drug-likeness (QED) is 0.707. The van der Waals surface area contributed by atoms with Crippen LogP contribution in [0.2, 0.25) is 0 Å². The van der Waals surface area contributed by atoms with E-state index in [1.54, 1.807) is 42.5 Å². The molecule has 2 amide bonds. The van der Waals surface area contributed by atoms with Crippen LogP contribution in [0, 0.1) is 0 Å². The van der Waals surface area contributed by atoms with Crippen molar-refractivity contribution < 1.29 is 18.0 Å². The molecule has 0 aliphatic carbocycles. The smallest absolute Gasteiger partial charge is 0.313 e. The molecular formula is C21H25N3O4S. The van der Waals surface area contributed by atoms with E-state index in [9.17, 15) is 18.0 Å². The van der Waals surface area contributed by atoms with Gasteiger partial charge in [-0.05, 0) is 49.1 Å². The standard InChI is InChI=1S/C21H25N3O4S/c1-2-16-10-12-17(13-11-16)23-21(26)20(25)22-15-18-7-6-14-24(18)29(27,28)19-8-4-3-5-9-19/h3-5,8-13,18H,2,6-7,14-15H2,1H3,(H,22,25)(H,23,26)/t18-/m0/s1. The lowest BCUT2D eigenvalue weighted by Crippen LogP contribution is -2.45. The number of carbonyl (C=O) groups is 2. The first-order valence-corrected chi connectivity index (χ1v) is 11.1. The fourth-order valence-electron chi connectivity index (χ4n) is 3.36. The molecule has 1 atom stereocenters. The monoisotopic (exact) mass is 415 g/mol. The zero-order chi connectivity index (χ0) is 20.9. The molecule has 0 bridgehead atoms. The largest absolute Gasteiger partial charge is 0.346 e. The van der Waals surface area contributed by atoms with E-state index < -0.39 is 21.8 Å². The van der Waals surface area contributed by atoms with Crippen LogP contribution >= 0.6 is 0 Å². The first-order chi connectivity index (χ1) is 13.9. The number of amides is 2. The summed E-state index contributed by atoms with van der Waals surface area (Å²) in [5.74, 6) is -1.56. The van der Waals surface area contributed by atoms with Gasteiger partial charge in [-0.1, -0.05) is 37.3 Å². The average molecular weight is 416 g/mol. The molecule has 0 spiro atoms. The van der Waals surface area contributed by atoms with Gasteiger partial charge >= 0.3 is 11.8 Å². The van der Waals surface area contributed by atoms with Gasteiger partial charge in [0.25, 0.3) is 0 Å². The summed E-state index contributed by atoms with van der Waals surface area (Å²) in [6.45, 7) is 2.52. The van der Waals surface area contributed by atoms with Crippen molar-refractivity contribution in [3.8, 4) is 0 Å². The Hall–Kier alpha value is -2.71. The third-order valence-electron chi connectivity index (χ3n) is 5.00. The number of aryl methyl sites for hydroxylation is 1. The Bertz CT molecular complexity index is 959. The lowest BCUT2D eigenvalue weighted by molar-refractivity contribution is -0.136. The van der Waals surface area contributed by atoms with Crippen LogP contribution in [0.4, 0.5) is 5.69 Å². The minimum absolute atomic E-state index is 0.0904. The molecule has 1 aliphatic heterocycles. The van der Waals surface area contributed by atoms with Crippen molar-refractivity contribution in [2.24, 2.45) is 0 Å². The third-order valence-corrected chi connectivity index (χ3v) is 6.96. The molecule has 1 fully saturated rings. The van der Waals surface area contributed by atoms with Crippen LogP contribution in [0.15, 0.2) is 59.5 Å². The summed E-state index contributed by atoms with van der Waals surface area (Å²) in [6.07, 6.45) is 2.23. The first-order valence-electron chi connectivity index (χ1n) is 9.67. The van der Waals surface area contributed by atoms with Crippen molar-refractivity contribution >= 4 is 27.5 Å². The maximum absolute atomic E-state index is 12.9. The van der Waals surface area contributed by atoms with Crippen LogP contribution < -0.4 is 10.6 Å². The van der Waals surface area contributed by atoms with Crippen molar-refractivity contribution in [2.75, 3.05) is 18.4 Å². The van der Waals surface area contributed by atoms with Crippen LogP contribution in [0.1, 0.15) is 25.3 Å². The summed E-state index contributed by atoms with van der Waals surface area (Å²) < 4.78 is 27.1. The molecule has 7 nitrogen and oxygen atoms in total. The molecule has 3 rings (SSSR count). The summed E-state index contributed by atoms with van der Waals surface area (Å²) in [4.78, 5) is 24.5. The molecular weight excluding hydrogens is 390 g/mol. The number of hydrogen-bond acceptors (Lipinski definition) is 4. The molecule has 2 N–H and O–H groups in total. The van der Waals surface area contributed by atoms with Crippen LogP contribution in [0.25, 0.3) is 0 Å². The van der Waals surface area contributed by atoms with E-state index in [1.165, 1.54) is 4.31 Å². The van der Waals surface area contributed by atoms with E-state index in [0.717, 1.165) is 12.0 Å². The van der Waals surface area contributed by atoms with Crippen molar-refractivity contribution in [3.05, 3.63) is 60.2 Å². The predicted octanol–water partition coefficient (Wildman–Crippen LogP) is 2.16. The Morgan fingerprint density at radius 1 is 1.03 bits per heavy atom. The van der Waals surface area contributed by atoms with Gasteiger partial charge < -0.3 is 10.6 Å². The van der Waals surface area contributed by atoms with Crippen LogP contribution in [-0.2, 0) is 26.0 Å². The fourth-order valence-corrected chi connectivity index (χ4v) is 5.07. The number of anilines is 1. The zero-order valence-electron chi connectivity index (χ0n) is 16.3. The van der Waals surface area contributed by atoms with E-state index in [1.807, 2.05) is 19.1 Å². The van der Waals surface area contributed by atoms with Gasteiger partial charge in [0, 0.05) is 24.8 Å². The van der Waals surface area contributed by atoms with E-state index in [-0.39, 0.29) is 17.5 Å². The maximum atomic E-state index is 12.9. The van der Waals surface area contributed by atoms with Gasteiger partial charge in [-0.25, -0.2) is 8.42 Å². The van der Waals surface area contributed by atoms with Crippen molar-refractivity contribution in [2.45, 2.75) is 37.1 Å². The number of nitrogens with zero attached hydrogens (tertiary/aromatic N) is 1. The molecule has 2 aromatic rings. The number of carbonyl (C=O) groups excluding carboxylic acids is 2. The van der Waals surface area contributed by atoms with Gasteiger partial charge in [0.15, 0.2) is 0 Å². The van der Waals surface area contributed by atoms with Gasteiger partial charge in [0.05, 0.1) is 4.90 Å². The molecule has 154 valence electrons. The van der Waals surface area contributed by atoms with Crippen molar-refractivity contribution in [1.82, 2.24) is 9.62 Å². The third kappa shape index (κ3) is 5.02. The zero-order valence-corrected chi connectivity index (χ0v) is 17.1. The van der Waals surface area contributed by atoms with Gasteiger partial charge in [-0.15, -0.1) is 0 Å². The second-order valence-electron chi connectivity index (χ2n) is 6.94. The van der Waals surface area contributed by atoms with Crippen LogP contribution in [-0.4, -0.2) is 43.7 Å². The molecule has 0 saturated carbocycles. The molecule has 0 unspecified atom stereocenters. The Kier molecular flexibility index (Phi) is 6.66.